The zero-order valence-electron chi connectivity index (χ0n) is 16.5. The molecule has 0 unspecified atom stereocenters. The third-order valence-corrected chi connectivity index (χ3v) is 5.10. The van der Waals surface area contributed by atoms with Crippen LogP contribution in [0.25, 0.3) is 11.0 Å². The average Bonchev–Trinajstić information content (AvgIpc) is 3.09. The molecule has 28 heavy (non-hydrogen) atoms. The fraction of sp³-hybridized carbons (Fsp3) is 0.400. The number of hydrogen-bond donors (Lipinski definition) is 0. The monoisotopic (exact) mass is 379 g/mol. The number of piperazine rings is 1. The van der Waals surface area contributed by atoms with E-state index in [1.54, 1.807) is 10.9 Å². The second kappa shape index (κ2) is 7.55. The van der Waals surface area contributed by atoms with Crippen LogP contribution in [-0.4, -0.2) is 75.7 Å². The third kappa shape index (κ3) is 3.55. The van der Waals surface area contributed by atoms with Crippen molar-refractivity contribution in [1.29, 1.82) is 0 Å². The maximum atomic E-state index is 13.1. The minimum atomic E-state index is -0.120. The number of aromatic nitrogens is 4. The average molecular weight is 379 g/mol. The van der Waals surface area contributed by atoms with Gasteiger partial charge in [0.25, 0.3) is 5.91 Å². The van der Waals surface area contributed by atoms with Crippen molar-refractivity contribution >= 4 is 22.8 Å². The summed E-state index contributed by atoms with van der Waals surface area (Å²) >= 11 is 0. The van der Waals surface area contributed by atoms with Crippen molar-refractivity contribution in [3.63, 3.8) is 0 Å². The highest BCUT2D eigenvalue weighted by Gasteiger charge is 2.26. The van der Waals surface area contributed by atoms with Gasteiger partial charge in [-0.2, -0.15) is 5.10 Å². The highest BCUT2D eigenvalue weighted by molar-refractivity contribution is 5.95. The Bertz CT molecular complexity index is 975. The van der Waals surface area contributed by atoms with Crippen LogP contribution in [0.4, 0.5) is 5.82 Å². The second-order valence-electron chi connectivity index (χ2n) is 7.32. The van der Waals surface area contributed by atoms with Gasteiger partial charge in [0.2, 0.25) is 5.82 Å². The molecule has 0 radical (unpaired) electrons. The smallest absolute Gasteiger partial charge is 0.291 e. The summed E-state index contributed by atoms with van der Waals surface area (Å²) < 4.78 is 1.68. The molecular weight excluding hydrogens is 354 g/mol. The lowest BCUT2D eigenvalue weighted by molar-refractivity contribution is 0.0617. The number of carbonyl (C=O) groups is 1. The van der Waals surface area contributed by atoms with Crippen LogP contribution in [0.5, 0.6) is 0 Å². The van der Waals surface area contributed by atoms with Crippen LogP contribution in [0.1, 0.15) is 16.2 Å². The Kier molecular flexibility index (Phi) is 4.95. The van der Waals surface area contributed by atoms with Crippen molar-refractivity contribution in [2.24, 2.45) is 7.05 Å². The normalized spacial score (nSPS) is 15.2. The molecule has 4 rings (SSSR count). The molecule has 8 heteroatoms. The van der Waals surface area contributed by atoms with Crippen LogP contribution in [-0.2, 0) is 13.6 Å². The van der Waals surface area contributed by atoms with Crippen LogP contribution in [0.2, 0.25) is 0 Å². The number of rotatable bonds is 4. The van der Waals surface area contributed by atoms with Gasteiger partial charge in [-0.25, -0.2) is 9.97 Å². The van der Waals surface area contributed by atoms with Gasteiger partial charge in [0.1, 0.15) is 5.82 Å². The van der Waals surface area contributed by atoms with Crippen LogP contribution in [0.3, 0.4) is 0 Å². The van der Waals surface area contributed by atoms with Crippen molar-refractivity contribution in [1.82, 2.24) is 29.5 Å². The summed E-state index contributed by atoms with van der Waals surface area (Å²) in [5.41, 5.74) is 1.97. The van der Waals surface area contributed by atoms with E-state index in [9.17, 15) is 4.79 Å². The van der Waals surface area contributed by atoms with Crippen molar-refractivity contribution in [2.45, 2.75) is 6.54 Å². The zero-order chi connectivity index (χ0) is 19.7. The van der Waals surface area contributed by atoms with Gasteiger partial charge in [0.05, 0.1) is 11.6 Å². The third-order valence-electron chi connectivity index (χ3n) is 5.10. The fourth-order valence-electron chi connectivity index (χ4n) is 3.54. The minimum absolute atomic E-state index is 0.120. The molecule has 1 fully saturated rings. The number of carbonyl (C=O) groups excluding carboxylic acids is 1. The molecule has 0 spiro atoms. The maximum Gasteiger partial charge on any atom is 0.291 e. The van der Waals surface area contributed by atoms with Gasteiger partial charge in [-0.1, -0.05) is 30.3 Å². The molecule has 0 saturated carbocycles. The Morgan fingerprint density at radius 2 is 1.79 bits per heavy atom. The Morgan fingerprint density at radius 3 is 2.46 bits per heavy atom. The molecular formula is C20H25N7O. The van der Waals surface area contributed by atoms with Gasteiger partial charge in [-0.05, 0) is 5.56 Å². The van der Waals surface area contributed by atoms with E-state index in [1.165, 1.54) is 5.56 Å². The summed E-state index contributed by atoms with van der Waals surface area (Å²) in [4.78, 5) is 28.2. The first kappa shape index (κ1) is 18.4. The molecule has 1 aliphatic heterocycles. The first-order valence-corrected chi connectivity index (χ1v) is 9.45. The summed E-state index contributed by atoms with van der Waals surface area (Å²) in [5.74, 6) is 0.825. The van der Waals surface area contributed by atoms with Gasteiger partial charge in [0, 0.05) is 53.9 Å². The molecule has 1 saturated heterocycles. The summed E-state index contributed by atoms with van der Waals surface area (Å²) in [6.07, 6.45) is 1.74. The molecule has 3 aromatic rings. The molecule has 0 aliphatic carbocycles. The lowest BCUT2D eigenvalue weighted by atomic mass is 10.2. The zero-order valence-corrected chi connectivity index (χ0v) is 16.5. The van der Waals surface area contributed by atoms with Crippen molar-refractivity contribution < 1.29 is 4.79 Å². The number of fused-ring (bicyclic) bond motifs is 1. The molecule has 0 N–H and O–H groups in total. The first-order valence-electron chi connectivity index (χ1n) is 9.45. The molecule has 0 atom stereocenters. The largest absolute Gasteiger partial charge is 0.362 e. The van der Waals surface area contributed by atoms with E-state index in [1.807, 2.05) is 37.0 Å². The van der Waals surface area contributed by atoms with Crippen LogP contribution in [0.15, 0.2) is 36.5 Å². The van der Waals surface area contributed by atoms with Gasteiger partial charge < -0.3 is 9.80 Å². The van der Waals surface area contributed by atoms with Crippen LogP contribution in [0, 0.1) is 0 Å². The molecule has 2 aromatic heterocycles. The van der Waals surface area contributed by atoms with E-state index in [2.05, 4.69) is 44.2 Å². The van der Waals surface area contributed by atoms with E-state index in [-0.39, 0.29) is 11.7 Å². The highest BCUT2D eigenvalue weighted by atomic mass is 16.2. The topological polar surface area (TPSA) is 70.4 Å². The number of amides is 1. The van der Waals surface area contributed by atoms with Gasteiger partial charge >= 0.3 is 0 Å². The Balaban J connectivity index is 1.49. The Labute approximate surface area is 164 Å². The standard InChI is InChI=1S/C20H25N7O/c1-24(2)18-16-13-21-25(3)19(16)23-17(22-18)20(28)27-11-9-26(10-12-27)14-15-7-5-4-6-8-15/h4-8,13H,9-12,14H2,1-3H3. The quantitative estimate of drug-likeness (QED) is 0.682. The summed E-state index contributed by atoms with van der Waals surface area (Å²) in [6, 6.07) is 10.4. The predicted molar refractivity (Wildman–Crippen MR) is 108 cm³/mol. The van der Waals surface area contributed by atoms with Gasteiger partial charge in [-0.15, -0.1) is 0 Å². The van der Waals surface area contributed by atoms with Crippen LogP contribution >= 0.6 is 0 Å². The number of benzene rings is 1. The Morgan fingerprint density at radius 1 is 1.07 bits per heavy atom. The van der Waals surface area contributed by atoms with E-state index in [0.717, 1.165) is 25.0 Å². The molecule has 1 amide bonds. The SMILES string of the molecule is CN(C)c1nc(C(=O)N2CCN(Cc3ccccc3)CC2)nc2c1cnn2C. The minimum Gasteiger partial charge on any atom is -0.362 e. The molecule has 0 bridgehead atoms. The summed E-state index contributed by atoms with van der Waals surface area (Å²) in [6.45, 7) is 3.95. The Hall–Kier alpha value is -3.00. The lowest BCUT2D eigenvalue weighted by Crippen LogP contribution is -2.48. The fourth-order valence-corrected chi connectivity index (χ4v) is 3.54. The molecule has 1 aliphatic rings. The van der Waals surface area contributed by atoms with E-state index < -0.39 is 0 Å². The van der Waals surface area contributed by atoms with Crippen molar-refractivity contribution in [2.75, 3.05) is 45.2 Å². The number of hydrogen-bond acceptors (Lipinski definition) is 6. The predicted octanol–water partition coefficient (Wildman–Crippen LogP) is 1.39. The summed E-state index contributed by atoms with van der Waals surface area (Å²) in [7, 11) is 5.64. The molecule has 3 heterocycles. The molecule has 146 valence electrons. The second-order valence-corrected chi connectivity index (χ2v) is 7.32. The maximum absolute atomic E-state index is 13.1. The van der Waals surface area contributed by atoms with Gasteiger partial charge in [-0.3, -0.25) is 14.4 Å². The van der Waals surface area contributed by atoms with E-state index in [0.29, 0.717) is 24.6 Å². The first-order chi connectivity index (χ1) is 13.5. The molecule has 1 aromatic carbocycles. The van der Waals surface area contributed by atoms with Crippen LogP contribution < -0.4 is 4.90 Å². The summed E-state index contributed by atoms with van der Waals surface area (Å²) in [5, 5.41) is 5.10. The number of nitrogens with zero attached hydrogens (tertiary/aromatic N) is 7. The highest BCUT2D eigenvalue weighted by Crippen LogP contribution is 2.22. The van der Waals surface area contributed by atoms with E-state index in [4.69, 9.17) is 0 Å². The number of aryl methyl sites for hydroxylation is 1. The van der Waals surface area contributed by atoms with Gasteiger partial charge in [0.15, 0.2) is 5.65 Å². The number of anilines is 1. The van der Waals surface area contributed by atoms with Crippen molar-refractivity contribution in [3.8, 4) is 0 Å². The van der Waals surface area contributed by atoms with E-state index >= 15 is 0 Å². The van der Waals surface area contributed by atoms with Crippen molar-refractivity contribution in [3.05, 3.63) is 47.9 Å². The lowest BCUT2D eigenvalue weighted by Gasteiger charge is -2.34. The molecule has 8 nitrogen and oxygen atoms in total.